The Kier molecular flexibility index (Phi) is 3.54. The highest BCUT2D eigenvalue weighted by Gasteiger charge is 2.17. The molecule has 0 fully saturated rings. The lowest BCUT2D eigenvalue weighted by atomic mass is 10.2. The van der Waals surface area contributed by atoms with Gasteiger partial charge in [0.15, 0.2) is 5.75 Å². The predicted molar refractivity (Wildman–Crippen MR) is 71.1 cm³/mol. The van der Waals surface area contributed by atoms with E-state index >= 15 is 0 Å². The highest BCUT2D eigenvalue weighted by Crippen LogP contribution is 2.38. The van der Waals surface area contributed by atoms with Crippen molar-refractivity contribution in [3.63, 3.8) is 0 Å². The van der Waals surface area contributed by atoms with E-state index in [0.717, 1.165) is 16.5 Å². The van der Waals surface area contributed by atoms with Gasteiger partial charge in [0, 0.05) is 15.1 Å². The summed E-state index contributed by atoms with van der Waals surface area (Å²) in [5.74, 6) is 0.0928. The van der Waals surface area contributed by atoms with Crippen LogP contribution in [0.2, 0.25) is 5.02 Å². The zero-order valence-electron chi connectivity index (χ0n) is 9.33. The molecule has 90 valence electrons. The first kappa shape index (κ1) is 12.2. The number of hydrogen-bond acceptors (Lipinski definition) is 3. The number of thiophene rings is 1. The van der Waals surface area contributed by atoms with Crippen molar-refractivity contribution < 1.29 is 9.53 Å². The lowest BCUT2D eigenvalue weighted by Crippen LogP contribution is -2.10. The van der Waals surface area contributed by atoms with Gasteiger partial charge in [0.25, 0.3) is 5.91 Å². The third kappa shape index (κ3) is 2.37. The first-order valence-electron chi connectivity index (χ1n) is 5.28. The van der Waals surface area contributed by atoms with Gasteiger partial charge >= 0.3 is 0 Å². The molecule has 0 radical (unpaired) electrons. The number of ether oxygens (including phenoxy) is 1. The third-order valence-electron chi connectivity index (χ3n) is 2.28. The fourth-order valence-electron chi connectivity index (χ4n) is 1.56. The van der Waals surface area contributed by atoms with Gasteiger partial charge in [0.2, 0.25) is 0 Å². The normalized spacial score (nSPS) is 10.7. The molecular weight excluding hydrogens is 258 g/mol. The van der Waals surface area contributed by atoms with Crippen molar-refractivity contribution in [3.05, 3.63) is 28.1 Å². The van der Waals surface area contributed by atoms with Gasteiger partial charge in [0.05, 0.1) is 6.61 Å². The number of nitrogens with two attached hydrogens (primary N) is 1. The summed E-state index contributed by atoms with van der Waals surface area (Å²) in [7, 11) is 0. The molecule has 0 saturated heterocycles. The molecule has 5 heteroatoms. The lowest BCUT2D eigenvalue weighted by molar-refractivity contribution is 0.100. The lowest BCUT2D eigenvalue weighted by Gasteiger charge is -2.04. The van der Waals surface area contributed by atoms with E-state index in [4.69, 9.17) is 22.1 Å². The van der Waals surface area contributed by atoms with Crippen molar-refractivity contribution in [2.45, 2.75) is 13.3 Å². The van der Waals surface area contributed by atoms with Gasteiger partial charge in [-0.05, 0) is 24.6 Å². The second-order valence-electron chi connectivity index (χ2n) is 3.61. The van der Waals surface area contributed by atoms with Gasteiger partial charge in [-0.2, -0.15) is 0 Å². The highest BCUT2D eigenvalue weighted by atomic mass is 35.5. The van der Waals surface area contributed by atoms with Gasteiger partial charge in [-0.25, -0.2) is 0 Å². The van der Waals surface area contributed by atoms with Crippen LogP contribution in [0.4, 0.5) is 0 Å². The Labute approximate surface area is 108 Å². The average Bonchev–Trinajstić information content (AvgIpc) is 2.64. The molecule has 0 aliphatic heterocycles. The molecule has 1 aromatic carbocycles. The van der Waals surface area contributed by atoms with E-state index in [1.807, 2.05) is 13.0 Å². The van der Waals surface area contributed by atoms with Crippen molar-refractivity contribution in [2.75, 3.05) is 6.61 Å². The molecule has 1 aromatic heterocycles. The van der Waals surface area contributed by atoms with Crippen LogP contribution in [-0.4, -0.2) is 12.5 Å². The van der Waals surface area contributed by atoms with Crippen LogP contribution in [-0.2, 0) is 0 Å². The summed E-state index contributed by atoms with van der Waals surface area (Å²) >= 11 is 7.28. The standard InChI is InChI=1S/C12H12ClNO2S/c1-2-5-16-10-8-6-7(13)3-4-9(8)17-11(10)12(14)15/h3-4,6H,2,5H2,1H3,(H2,14,15). The van der Waals surface area contributed by atoms with Crippen LogP contribution < -0.4 is 10.5 Å². The first-order chi connectivity index (χ1) is 8.13. The zero-order chi connectivity index (χ0) is 12.4. The van der Waals surface area contributed by atoms with Crippen LogP contribution in [0.5, 0.6) is 5.75 Å². The summed E-state index contributed by atoms with van der Waals surface area (Å²) in [6.07, 6.45) is 0.871. The van der Waals surface area contributed by atoms with Crippen LogP contribution in [0, 0.1) is 0 Å². The van der Waals surface area contributed by atoms with Crippen molar-refractivity contribution >= 4 is 38.9 Å². The fraction of sp³-hybridized carbons (Fsp3) is 0.250. The highest BCUT2D eigenvalue weighted by molar-refractivity contribution is 7.21. The molecule has 0 aliphatic carbocycles. The van der Waals surface area contributed by atoms with E-state index in [2.05, 4.69) is 0 Å². The minimum atomic E-state index is -0.464. The topological polar surface area (TPSA) is 52.3 Å². The summed E-state index contributed by atoms with van der Waals surface area (Å²) in [5, 5.41) is 1.47. The first-order valence-corrected chi connectivity index (χ1v) is 6.47. The average molecular weight is 270 g/mol. The van der Waals surface area contributed by atoms with Gasteiger partial charge < -0.3 is 10.5 Å². The molecule has 0 bridgehead atoms. The molecule has 0 atom stereocenters. The molecule has 1 amide bonds. The van der Waals surface area contributed by atoms with Gasteiger partial charge in [-0.1, -0.05) is 18.5 Å². The van der Waals surface area contributed by atoms with Gasteiger partial charge in [-0.15, -0.1) is 11.3 Å². The molecule has 0 unspecified atom stereocenters. The maximum Gasteiger partial charge on any atom is 0.262 e. The quantitative estimate of drug-likeness (QED) is 0.924. The number of halogens is 1. The fourth-order valence-corrected chi connectivity index (χ4v) is 2.71. The minimum absolute atomic E-state index is 0.454. The predicted octanol–water partition coefficient (Wildman–Crippen LogP) is 3.44. The van der Waals surface area contributed by atoms with Crippen molar-refractivity contribution in [2.24, 2.45) is 5.73 Å². The van der Waals surface area contributed by atoms with Crippen molar-refractivity contribution in [1.29, 1.82) is 0 Å². The van der Waals surface area contributed by atoms with Crippen LogP contribution in [0.15, 0.2) is 18.2 Å². The Balaban J connectivity index is 2.60. The van der Waals surface area contributed by atoms with Crippen molar-refractivity contribution in [1.82, 2.24) is 0 Å². The smallest absolute Gasteiger partial charge is 0.262 e. The van der Waals surface area contributed by atoms with Gasteiger partial charge in [0.1, 0.15) is 4.88 Å². The minimum Gasteiger partial charge on any atom is -0.491 e. The maximum absolute atomic E-state index is 11.4. The number of hydrogen-bond donors (Lipinski definition) is 1. The van der Waals surface area contributed by atoms with Crippen LogP contribution in [0.25, 0.3) is 10.1 Å². The molecule has 0 aliphatic rings. The summed E-state index contributed by atoms with van der Waals surface area (Å²) in [6, 6.07) is 5.45. The monoisotopic (exact) mass is 269 g/mol. The summed E-state index contributed by atoms with van der Waals surface area (Å²) < 4.78 is 6.56. The number of carbonyl (C=O) groups excluding carboxylic acids is 1. The second-order valence-corrected chi connectivity index (χ2v) is 5.10. The molecule has 2 aromatic rings. The van der Waals surface area contributed by atoms with Crippen LogP contribution in [0.3, 0.4) is 0 Å². The van der Waals surface area contributed by atoms with E-state index in [9.17, 15) is 4.79 Å². The molecular formula is C12H12ClNO2S. The number of rotatable bonds is 4. The summed E-state index contributed by atoms with van der Waals surface area (Å²) in [4.78, 5) is 11.8. The number of primary amides is 1. The Morgan fingerprint density at radius 1 is 1.53 bits per heavy atom. The number of amides is 1. The molecule has 1 heterocycles. The van der Waals surface area contributed by atoms with E-state index < -0.39 is 5.91 Å². The zero-order valence-corrected chi connectivity index (χ0v) is 10.9. The Hall–Kier alpha value is -1.26. The number of fused-ring (bicyclic) bond motifs is 1. The number of benzene rings is 1. The Morgan fingerprint density at radius 2 is 2.29 bits per heavy atom. The van der Waals surface area contributed by atoms with E-state index in [-0.39, 0.29) is 0 Å². The van der Waals surface area contributed by atoms with E-state index in [1.165, 1.54) is 11.3 Å². The van der Waals surface area contributed by atoms with Crippen LogP contribution >= 0.6 is 22.9 Å². The third-order valence-corrected chi connectivity index (χ3v) is 3.68. The van der Waals surface area contributed by atoms with Gasteiger partial charge in [-0.3, -0.25) is 4.79 Å². The molecule has 0 spiro atoms. The molecule has 0 saturated carbocycles. The molecule has 2 N–H and O–H groups in total. The van der Waals surface area contributed by atoms with E-state index in [0.29, 0.717) is 22.3 Å². The van der Waals surface area contributed by atoms with E-state index in [1.54, 1.807) is 12.1 Å². The largest absolute Gasteiger partial charge is 0.491 e. The Morgan fingerprint density at radius 3 is 2.94 bits per heavy atom. The second kappa shape index (κ2) is 4.94. The molecule has 17 heavy (non-hydrogen) atoms. The van der Waals surface area contributed by atoms with Crippen molar-refractivity contribution in [3.8, 4) is 5.75 Å². The molecule has 3 nitrogen and oxygen atoms in total. The maximum atomic E-state index is 11.4. The summed E-state index contributed by atoms with van der Waals surface area (Å²) in [6.45, 7) is 2.56. The SMILES string of the molecule is CCCOc1c(C(N)=O)sc2ccc(Cl)cc12. The Bertz CT molecular complexity index is 565. The molecule has 2 rings (SSSR count). The number of carbonyl (C=O) groups is 1. The summed E-state index contributed by atoms with van der Waals surface area (Å²) in [5.41, 5.74) is 5.35. The van der Waals surface area contributed by atoms with Crippen LogP contribution in [0.1, 0.15) is 23.0 Å².